The van der Waals surface area contributed by atoms with Crippen molar-refractivity contribution in [3.05, 3.63) is 40.5 Å². The van der Waals surface area contributed by atoms with Gasteiger partial charge >= 0.3 is 0 Å². The van der Waals surface area contributed by atoms with Gasteiger partial charge in [-0.25, -0.2) is 15.0 Å². The van der Waals surface area contributed by atoms with Crippen molar-refractivity contribution in [2.24, 2.45) is 0 Å². The monoisotopic (exact) mass is 499 g/mol. The number of nitrogen functional groups attached to an aromatic ring is 1. The molecular formula is C25H33N5O2S2. The SMILES string of the molecule is CCCc1sc(-c2ccc(OC)c(OCCN3CCC3)c2)nc1[C@@H](C)Sc1nc(C)cc(N)n1. The predicted molar refractivity (Wildman–Crippen MR) is 140 cm³/mol. The fourth-order valence-electron chi connectivity index (χ4n) is 3.85. The number of ether oxygens (including phenoxy) is 2. The molecule has 1 aliphatic heterocycles. The molecule has 0 radical (unpaired) electrons. The number of nitrogens with zero attached hydrogens (tertiary/aromatic N) is 4. The molecule has 7 nitrogen and oxygen atoms in total. The molecule has 0 spiro atoms. The van der Waals surface area contributed by atoms with Gasteiger partial charge in [0.1, 0.15) is 17.4 Å². The number of hydrogen-bond acceptors (Lipinski definition) is 9. The average molecular weight is 500 g/mol. The summed E-state index contributed by atoms with van der Waals surface area (Å²) in [5.74, 6) is 2.01. The highest BCUT2D eigenvalue weighted by Gasteiger charge is 2.21. The van der Waals surface area contributed by atoms with Gasteiger partial charge in [0, 0.05) is 28.7 Å². The molecule has 0 bridgehead atoms. The maximum absolute atomic E-state index is 6.11. The van der Waals surface area contributed by atoms with Gasteiger partial charge in [-0.05, 0) is 58.0 Å². The molecule has 2 aromatic heterocycles. The van der Waals surface area contributed by atoms with Crippen LogP contribution in [0.4, 0.5) is 5.82 Å². The van der Waals surface area contributed by atoms with E-state index in [0.717, 1.165) is 52.8 Å². The van der Waals surface area contributed by atoms with Crippen LogP contribution in [-0.4, -0.2) is 53.2 Å². The van der Waals surface area contributed by atoms with Crippen LogP contribution < -0.4 is 15.2 Å². The second kappa shape index (κ2) is 11.4. The van der Waals surface area contributed by atoms with Crippen LogP contribution in [-0.2, 0) is 6.42 Å². The predicted octanol–water partition coefficient (Wildman–Crippen LogP) is 5.39. The molecule has 9 heteroatoms. The fraction of sp³-hybridized carbons (Fsp3) is 0.480. The van der Waals surface area contributed by atoms with Gasteiger partial charge < -0.3 is 15.2 Å². The third kappa shape index (κ3) is 6.00. The first-order valence-electron chi connectivity index (χ1n) is 11.8. The summed E-state index contributed by atoms with van der Waals surface area (Å²) >= 11 is 3.35. The van der Waals surface area contributed by atoms with Crippen LogP contribution >= 0.6 is 23.1 Å². The smallest absolute Gasteiger partial charge is 0.190 e. The largest absolute Gasteiger partial charge is 0.493 e. The normalized spacial score (nSPS) is 14.6. The summed E-state index contributed by atoms with van der Waals surface area (Å²) in [6.45, 7) is 10.2. The molecule has 34 heavy (non-hydrogen) atoms. The average Bonchev–Trinajstić information content (AvgIpc) is 3.19. The molecule has 0 amide bonds. The van der Waals surface area contributed by atoms with E-state index in [0.29, 0.717) is 17.6 Å². The van der Waals surface area contributed by atoms with Crippen molar-refractivity contribution in [1.29, 1.82) is 0 Å². The first-order chi connectivity index (χ1) is 16.5. The highest BCUT2D eigenvalue weighted by atomic mass is 32.2. The molecule has 4 rings (SSSR count). The second-order valence-electron chi connectivity index (χ2n) is 8.46. The molecule has 1 aromatic carbocycles. The van der Waals surface area contributed by atoms with E-state index in [-0.39, 0.29) is 5.25 Å². The zero-order valence-corrected chi connectivity index (χ0v) is 22.0. The summed E-state index contributed by atoms with van der Waals surface area (Å²) in [7, 11) is 1.68. The Bertz CT molecular complexity index is 1100. The van der Waals surface area contributed by atoms with E-state index in [4.69, 9.17) is 20.2 Å². The minimum atomic E-state index is 0.109. The number of aryl methyl sites for hydroxylation is 2. The molecule has 1 atom stereocenters. The maximum atomic E-state index is 6.11. The summed E-state index contributed by atoms with van der Waals surface area (Å²) in [6, 6.07) is 7.86. The van der Waals surface area contributed by atoms with E-state index < -0.39 is 0 Å². The zero-order valence-electron chi connectivity index (χ0n) is 20.3. The van der Waals surface area contributed by atoms with Crippen LogP contribution in [0.2, 0.25) is 0 Å². The van der Waals surface area contributed by atoms with Crippen molar-refractivity contribution >= 4 is 28.9 Å². The van der Waals surface area contributed by atoms with E-state index in [1.54, 1.807) is 36.3 Å². The second-order valence-corrected chi connectivity index (χ2v) is 10.9. The van der Waals surface area contributed by atoms with Gasteiger partial charge in [-0.1, -0.05) is 25.1 Å². The number of hydrogen-bond donors (Lipinski definition) is 1. The van der Waals surface area contributed by atoms with Crippen LogP contribution in [0.1, 0.15) is 48.2 Å². The molecule has 182 valence electrons. The number of thiazole rings is 1. The maximum Gasteiger partial charge on any atom is 0.190 e. The molecule has 3 heterocycles. The standard InChI is InChI=1S/C25H33N5O2S2/c1-5-7-21-23(17(3)33-25-27-16(2)14-22(26)28-25)29-24(34-21)18-8-9-19(31-4)20(15-18)32-13-12-30-10-6-11-30/h8-9,14-15,17H,5-7,10-13H2,1-4H3,(H2,26,27,28)/t17-/m1/s1. The van der Waals surface area contributed by atoms with Crippen molar-refractivity contribution in [2.75, 3.05) is 39.1 Å². The van der Waals surface area contributed by atoms with Gasteiger partial charge in [0.2, 0.25) is 0 Å². The number of thioether (sulfide) groups is 1. The first-order valence-corrected chi connectivity index (χ1v) is 13.5. The van der Waals surface area contributed by atoms with Crippen LogP contribution in [0.5, 0.6) is 11.5 Å². The lowest BCUT2D eigenvalue weighted by Crippen LogP contribution is -2.39. The minimum absolute atomic E-state index is 0.109. The highest BCUT2D eigenvalue weighted by Crippen LogP contribution is 2.41. The van der Waals surface area contributed by atoms with E-state index in [9.17, 15) is 0 Å². The molecule has 1 saturated heterocycles. The Morgan fingerprint density at radius 2 is 2.00 bits per heavy atom. The zero-order chi connectivity index (χ0) is 24.1. The minimum Gasteiger partial charge on any atom is -0.493 e. The van der Waals surface area contributed by atoms with E-state index in [1.807, 2.05) is 13.0 Å². The van der Waals surface area contributed by atoms with Crippen molar-refractivity contribution in [3.8, 4) is 22.1 Å². The molecule has 0 unspecified atom stereocenters. The van der Waals surface area contributed by atoms with Gasteiger partial charge in [-0.3, -0.25) is 4.90 Å². The van der Waals surface area contributed by atoms with Crippen LogP contribution in [0.25, 0.3) is 10.6 Å². The van der Waals surface area contributed by atoms with Gasteiger partial charge in [-0.2, -0.15) is 0 Å². The number of likely N-dealkylation sites (tertiary alicyclic amines) is 1. The fourth-order valence-corrected chi connectivity index (χ4v) is 6.16. The molecule has 0 saturated carbocycles. The summed E-state index contributed by atoms with van der Waals surface area (Å²) in [4.78, 5) is 17.7. The third-order valence-corrected chi connectivity index (χ3v) is 7.90. The molecular weight excluding hydrogens is 466 g/mol. The number of methoxy groups -OCH3 is 1. The van der Waals surface area contributed by atoms with E-state index in [1.165, 1.54) is 24.4 Å². The van der Waals surface area contributed by atoms with Gasteiger partial charge in [-0.15, -0.1) is 11.3 Å². The topological polar surface area (TPSA) is 86.4 Å². The Hall–Kier alpha value is -2.36. The summed E-state index contributed by atoms with van der Waals surface area (Å²) < 4.78 is 11.7. The number of benzene rings is 1. The number of rotatable bonds is 11. The Labute approximate surface area is 210 Å². The van der Waals surface area contributed by atoms with Crippen LogP contribution in [0, 0.1) is 6.92 Å². The lowest BCUT2D eigenvalue weighted by Gasteiger charge is -2.30. The summed E-state index contributed by atoms with van der Waals surface area (Å²) in [5.41, 5.74) is 8.93. The van der Waals surface area contributed by atoms with E-state index in [2.05, 4.69) is 40.8 Å². The quantitative estimate of drug-likeness (QED) is 0.278. The highest BCUT2D eigenvalue weighted by molar-refractivity contribution is 7.99. The molecule has 2 N–H and O–H groups in total. The van der Waals surface area contributed by atoms with Crippen molar-refractivity contribution in [1.82, 2.24) is 19.9 Å². The lowest BCUT2D eigenvalue weighted by molar-refractivity contribution is 0.145. The number of anilines is 1. The van der Waals surface area contributed by atoms with Gasteiger partial charge in [0.25, 0.3) is 0 Å². The lowest BCUT2D eigenvalue weighted by atomic mass is 10.2. The van der Waals surface area contributed by atoms with Gasteiger partial charge in [0.15, 0.2) is 16.7 Å². The molecule has 3 aromatic rings. The number of nitrogens with two attached hydrogens (primary N) is 1. The Kier molecular flexibility index (Phi) is 8.28. The summed E-state index contributed by atoms with van der Waals surface area (Å²) in [5, 5.41) is 1.79. The Morgan fingerprint density at radius 1 is 1.18 bits per heavy atom. The van der Waals surface area contributed by atoms with Gasteiger partial charge in [0.05, 0.1) is 18.1 Å². The molecule has 0 aliphatic carbocycles. The molecule has 1 aliphatic rings. The Balaban J connectivity index is 1.56. The first kappa shape index (κ1) is 24.8. The summed E-state index contributed by atoms with van der Waals surface area (Å²) in [6.07, 6.45) is 3.34. The van der Waals surface area contributed by atoms with Crippen LogP contribution in [0.3, 0.4) is 0 Å². The van der Waals surface area contributed by atoms with Crippen molar-refractivity contribution in [2.45, 2.75) is 50.4 Å². The Morgan fingerprint density at radius 3 is 2.68 bits per heavy atom. The third-order valence-electron chi connectivity index (χ3n) is 5.75. The van der Waals surface area contributed by atoms with Crippen molar-refractivity contribution < 1.29 is 9.47 Å². The van der Waals surface area contributed by atoms with Crippen molar-refractivity contribution in [3.63, 3.8) is 0 Å². The van der Waals surface area contributed by atoms with E-state index >= 15 is 0 Å². The van der Waals surface area contributed by atoms with Crippen LogP contribution in [0.15, 0.2) is 29.4 Å². The molecule has 1 fully saturated rings. The number of aromatic nitrogens is 3.